The first-order chi connectivity index (χ1) is 7.95. The van der Waals surface area contributed by atoms with Crippen molar-refractivity contribution in [3.05, 3.63) is 23.8 Å². The summed E-state index contributed by atoms with van der Waals surface area (Å²) in [5, 5.41) is 18.3. The second-order valence-corrected chi connectivity index (χ2v) is 4.45. The lowest BCUT2D eigenvalue weighted by atomic mass is 9.79. The number of benzene rings is 1. The number of ether oxygens (including phenoxy) is 1. The molecule has 0 atom stereocenters. The van der Waals surface area contributed by atoms with Gasteiger partial charge in [0.2, 0.25) is 0 Å². The SMILES string of the molecule is COc1ccc(B(O)O)cc1CN(C)C(C)C. The number of methoxy groups -OCH3 is 1. The largest absolute Gasteiger partial charge is 0.496 e. The second-order valence-electron chi connectivity index (χ2n) is 4.45. The number of nitrogens with zero attached hydrogens (tertiary/aromatic N) is 1. The van der Waals surface area contributed by atoms with Crippen molar-refractivity contribution in [3.63, 3.8) is 0 Å². The van der Waals surface area contributed by atoms with Crippen molar-refractivity contribution < 1.29 is 14.8 Å². The summed E-state index contributed by atoms with van der Waals surface area (Å²) in [7, 11) is 2.19. The molecule has 1 rings (SSSR count). The van der Waals surface area contributed by atoms with Crippen molar-refractivity contribution in [3.8, 4) is 5.75 Å². The molecule has 0 aliphatic carbocycles. The standard InChI is InChI=1S/C12H20BNO3/c1-9(2)14(3)8-10-7-11(13(15)16)5-6-12(10)17-4/h5-7,9,15-16H,8H2,1-4H3. The molecule has 0 fully saturated rings. The molecule has 0 aliphatic rings. The summed E-state index contributed by atoms with van der Waals surface area (Å²) < 4.78 is 5.27. The minimum atomic E-state index is -1.44. The maximum absolute atomic E-state index is 9.16. The highest BCUT2D eigenvalue weighted by atomic mass is 16.5. The Morgan fingerprint density at radius 3 is 2.47 bits per heavy atom. The van der Waals surface area contributed by atoms with Gasteiger partial charge < -0.3 is 14.8 Å². The van der Waals surface area contributed by atoms with Gasteiger partial charge in [-0.15, -0.1) is 0 Å². The Balaban J connectivity index is 2.97. The fourth-order valence-electron chi connectivity index (χ4n) is 1.53. The zero-order valence-corrected chi connectivity index (χ0v) is 10.8. The van der Waals surface area contributed by atoms with E-state index < -0.39 is 7.12 Å². The Labute approximate surface area is 103 Å². The molecule has 1 aromatic rings. The molecule has 0 saturated carbocycles. The van der Waals surface area contributed by atoms with Crippen LogP contribution in [0.2, 0.25) is 0 Å². The van der Waals surface area contributed by atoms with Crippen LogP contribution in [-0.4, -0.2) is 42.3 Å². The molecule has 0 bridgehead atoms. The van der Waals surface area contributed by atoms with E-state index in [1.165, 1.54) is 0 Å². The van der Waals surface area contributed by atoms with E-state index in [2.05, 4.69) is 18.7 Å². The average molecular weight is 237 g/mol. The second kappa shape index (κ2) is 6.05. The highest BCUT2D eigenvalue weighted by molar-refractivity contribution is 6.58. The smallest absolute Gasteiger partial charge is 0.488 e. The van der Waals surface area contributed by atoms with E-state index in [4.69, 9.17) is 14.8 Å². The Bertz CT molecular complexity index is 369. The number of hydrogen-bond donors (Lipinski definition) is 2. The maximum atomic E-state index is 9.16. The lowest BCUT2D eigenvalue weighted by Crippen LogP contribution is -2.31. The third-order valence-electron chi connectivity index (χ3n) is 2.90. The first-order valence-corrected chi connectivity index (χ1v) is 5.69. The van der Waals surface area contributed by atoms with E-state index in [0.29, 0.717) is 18.0 Å². The Morgan fingerprint density at radius 1 is 1.35 bits per heavy atom. The topological polar surface area (TPSA) is 52.9 Å². The van der Waals surface area contributed by atoms with Gasteiger partial charge in [-0.1, -0.05) is 12.1 Å². The van der Waals surface area contributed by atoms with Gasteiger partial charge in [0.15, 0.2) is 0 Å². The fourth-order valence-corrected chi connectivity index (χ4v) is 1.53. The van der Waals surface area contributed by atoms with E-state index in [0.717, 1.165) is 11.3 Å². The van der Waals surface area contributed by atoms with Crippen LogP contribution in [0.25, 0.3) is 0 Å². The Morgan fingerprint density at radius 2 is 2.00 bits per heavy atom. The fraction of sp³-hybridized carbons (Fsp3) is 0.500. The molecule has 0 amide bonds. The van der Waals surface area contributed by atoms with Crippen LogP contribution in [0, 0.1) is 0 Å². The summed E-state index contributed by atoms with van der Waals surface area (Å²) in [6.45, 7) is 4.93. The molecule has 1 aromatic carbocycles. The van der Waals surface area contributed by atoms with Crippen molar-refractivity contribution in [2.75, 3.05) is 14.2 Å². The molecular formula is C12H20BNO3. The van der Waals surface area contributed by atoms with Gasteiger partial charge in [-0.25, -0.2) is 0 Å². The van der Waals surface area contributed by atoms with Crippen molar-refractivity contribution in [1.29, 1.82) is 0 Å². The van der Waals surface area contributed by atoms with Crippen LogP contribution in [0.3, 0.4) is 0 Å². The molecule has 0 saturated heterocycles. The Hall–Kier alpha value is -1.04. The molecule has 0 radical (unpaired) electrons. The van der Waals surface area contributed by atoms with Crippen molar-refractivity contribution in [2.45, 2.75) is 26.4 Å². The lowest BCUT2D eigenvalue weighted by molar-refractivity contribution is 0.261. The van der Waals surface area contributed by atoms with Crippen LogP contribution in [0.4, 0.5) is 0 Å². The predicted molar refractivity (Wildman–Crippen MR) is 69.4 cm³/mol. The number of hydrogen-bond acceptors (Lipinski definition) is 4. The average Bonchev–Trinajstić information content (AvgIpc) is 2.28. The minimum absolute atomic E-state index is 0.419. The van der Waals surface area contributed by atoms with E-state index >= 15 is 0 Å². The highest BCUT2D eigenvalue weighted by Crippen LogP contribution is 2.18. The molecule has 4 nitrogen and oxygen atoms in total. The molecule has 2 N–H and O–H groups in total. The van der Waals surface area contributed by atoms with Crippen LogP contribution in [-0.2, 0) is 6.54 Å². The van der Waals surface area contributed by atoms with Crippen molar-refractivity contribution >= 4 is 12.6 Å². The van der Waals surface area contributed by atoms with Crippen LogP contribution in [0.15, 0.2) is 18.2 Å². The van der Waals surface area contributed by atoms with E-state index in [-0.39, 0.29) is 0 Å². The molecule has 17 heavy (non-hydrogen) atoms. The van der Waals surface area contributed by atoms with Gasteiger partial charge in [-0.3, -0.25) is 4.90 Å². The normalized spacial score (nSPS) is 11.1. The quantitative estimate of drug-likeness (QED) is 0.719. The molecule has 0 aromatic heterocycles. The molecule has 0 heterocycles. The summed E-state index contributed by atoms with van der Waals surface area (Å²) in [6, 6.07) is 5.60. The molecule has 94 valence electrons. The third kappa shape index (κ3) is 3.73. The van der Waals surface area contributed by atoms with Gasteiger partial charge in [-0.2, -0.15) is 0 Å². The van der Waals surface area contributed by atoms with Crippen LogP contribution < -0.4 is 10.2 Å². The first kappa shape index (κ1) is 14.0. The minimum Gasteiger partial charge on any atom is -0.496 e. The Kier molecular flexibility index (Phi) is 4.99. The molecule has 5 heteroatoms. The van der Waals surface area contributed by atoms with E-state index in [1.807, 2.05) is 7.05 Å². The summed E-state index contributed by atoms with van der Waals surface area (Å²) in [4.78, 5) is 2.16. The van der Waals surface area contributed by atoms with Gasteiger partial charge in [0.05, 0.1) is 7.11 Å². The van der Waals surface area contributed by atoms with Gasteiger partial charge >= 0.3 is 7.12 Å². The zero-order chi connectivity index (χ0) is 13.0. The van der Waals surface area contributed by atoms with Crippen LogP contribution in [0.5, 0.6) is 5.75 Å². The van der Waals surface area contributed by atoms with Gasteiger partial charge in [0.25, 0.3) is 0 Å². The van der Waals surface area contributed by atoms with Crippen molar-refractivity contribution in [1.82, 2.24) is 4.90 Å². The summed E-state index contributed by atoms with van der Waals surface area (Å²) in [6.07, 6.45) is 0. The van der Waals surface area contributed by atoms with E-state index in [1.54, 1.807) is 25.3 Å². The monoisotopic (exact) mass is 237 g/mol. The molecule has 0 spiro atoms. The van der Waals surface area contributed by atoms with Gasteiger partial charge in [0.1, 0.15) is 5.75 Å². The summed E-state index contributed by atoms with van der Waals surface area (Å²) in [5.41, 5.74) is 1.44. The third-order valence-corrected chi connectivity index (χ3v) is 2.90. The molecule has 0 aliphatic heterocycles. The van der Waals surface area contributed by atoms with E-state index in [9.17, 15) is 0 Å². The molecule has 0 unspecified atom stereocenters. The van der Waals surface area contributed by atoms with Gasteiger partial charge in [-0.05, 0) is 32.4 Å². The first-order valence-electron chi connectivity index (χ1n) is 5.69. The number of rotatable bonds is 5. The lowest BCUT2D eigenvalue weighted by Gasteiger charge is -2.22. The summed E-state index contributed by atoms with van der Waals surface area (Å²) in [5.74, 6) is 0.766. The maximum Gasteiger partial charge on any atom is 0.488 e. The highest BCUT2D eigenvalue weighted by Gasteiger charge is 2.15. The van der Waals surface area contributed by atoms with Crippen molar-refractivity contribution in [2.24, 2.45) is 0 Å². The predicted octanol–water partition coefficient (Wildman–Crippen LogP) is 0.215. The van der Waals surface area contributed by atoms with Gasteiger partial charge in [0, 0.05) is 18.2 Å². The van der Waals surface area contributed by atoms with Crippen LogP contribution in [0.1, 0.15) is 19.4 Å². The molecular weight excluding hydrogens is 217 g/mol. The van der Waals surface area contributed by atoms with Crippen LogP contribution >= 0.6 is 0 Å². The summed E-state index contributed by atoms with van der Waals surface area (Å²) >= 11 is 0. The zero-order valence-electron chi connectivity index (χ0n) is 10.8.